The van der Waals surface area contributed by atoms with E-state index in [0.29, 0.717) is 16.6 Å². The molecule has 0 aliphatic rings. The van der Waals surface area contributed by atoms with Gasteiger partial charge in [-0.2, -0.15) is 0 Å². The first kappa shape index (κ1) is 15.3. The van der Waals surface area contributed by atoms with E-state index >= 15 is 0 Å². The maximum Gasteiger partial charge on any atom is 0.268 e. The van der Waals surface area contributed by atoms with Gasteiger partial charge >= 0.3 is 0 Å². The molecule has 0 fully saturated rings. The summed E-state index contributed by atoms with van der Waals surface area (Å²) in [6.45, 7) is 6.91. The molecular weight excluding hydrogens is 260 g/mol. The Balaban J connectivity index is 2.91. The van der Waals surface area contributed by atoms with E-state index in [1.807, 2.05) is 20.8 Å². The van der Waals surface area contributed by atoms with Gasteiger partial charge in [-0.1, -0.05) is 24.2 Å². The fourth-order valence-corrected chi connectivity index (χ4v) is 2.57. The third kappa shape index (κ3) is 4.14. The van der Waals surface area contributed by atoms with Gasteiger partial charge in [0.25, 0.3) is 5.91 Å². The lowest BCUT2D eigenvalue weighted by Gasteiger charge is -2.18. The van der Waals surface area contributed by atoms with Crippen molar-refractivity contribution >= 4 is 28.2 Å². The van der Waals surface area contributed by atoms with Crippen molar-refractivity contribution in [3.63, 3.8) is 0 Å². The second kappa shape index (κ2) is 7.00. The van der Waals surface area contributed by atoms with E-state index in [2.05, 4.69) is 16.2 Å². The van der Waals surface area contributed by atoms with Gasteiger partial charge in [-0.25, -0.2) is 4.98 Å². The molecule has 1 rings (SSSR count). The first-order valence-electron chi connectivity index (χ1n) is 6.25. The van der Waals surface area contributed by atoms with Crippen molar-refractivity contribution in [1.82, 2.24) is 9.88 Å². The van der Waals surface area contributed by atoms with Crippen molar-refractivity contribution in [2.24, 2.45) is 0 Å². The molecule has 104 valence electrons. The Hall–Kier alpha value is -1.74. The van der Waals surface area contributed by atoms with Crippen molar-refractivity contribution in [1.29, 1.82) is 0 Å². The van der Waals surface area contributed by atoms with E-state index in [0.717, 1.165) is 6.42 Å². The highest BCUT2D eigenvalue weighted by Gasteiger charge is 2.21. The zero-order valence-corrected chi connectivity index (χ0v) is 12.4. The molecule has 0 atom stereocenters. The summed E-state index contributed by atoms with van der Waals surface area (Å²) in [5.74, 6) is 2.61. The van der Waals surface area contributed by atoms with Crippen molar-refractivity contribution in [2.45, 2.75) is 33.2 Å². The molecule has 19 heavy (non-hydrogen) atoms. The summed E-state index contributed by atoms with van der Waals surface area (Å²) in [6.07, 6.45) is 6.14. The average molecular weight is 280 g/mol. The third-order valence-corrected chi connectivity index (χ3v) is 3.31. The molecule has 0 saturated carbocycles. The van der Waals surface area contributed by atoms with Gasteiger partial charge < -0.3 is 16.0 Å². The van der Waals surface area contributed by atoms with Crippen LogP contribution in [0.4, 0.5) is 10.9 Å². The number of rotatable bonds is 6. The number of hydrogen-bond acceptors (Lipinski definition) is 5. The van der Waals surface area contributed by atoms with Gasteiger partial charge in [-0.05, 0) is 20.3 Å². The Bertz CT molecular complexity index is 475. The molecule has 1 aromatic rings. The average Bonchev–Trinajstić information content (AvgIpc) is 2.68. The molecule has 5 nitrogen and oxygen atoms in total. The van der Waals surface area contributed by atoms with Crippen LogP contribution in [0, 0.1) is 12.3 Å². The molecule has 1 aromatic heterocycles. The van der Waals surface area contributed by atoms with Gasteiger partial charge in [0.05, 0.1) is 6.54 Å². The number of nitrogens with zero attached hydrogens (tertiary/aromatic N) is 2. The van der Waals surface area contributed by atoms with Crippen LogP contribution in [0.25, 0.3) is 0 Å². The number of hydrogen-bond donors (Lipinski definition) is 2. The van der Waals surface area contributed by atoms with Gasteiger partial charge in [0.15, 0.2) is 5.13 Å². The fraction of sp³-hybridized carbons (Fsp3) is 0.538. The lowest BCUT2D eigenvalue weighted by atomic mass is 10.3. The molecule has 0 spiro atoms. The molecule has 0 unspecified atom stereocenters. The number of nitrogens with one attached hydrogen (secondary N) is 1. The van der Waals surface area contributed by atoms with Crippen LogP contribution in [-0.2, 0) is 0 Å². The first-order chi connectivity index (χ1) is 8.99. The van der Waals surface area contributed by atoms with E-state index in [9.17, 15) is 4.79 Å². The number of nitrogen functional groups attached to an aromatic ring is 1. The Morgan fingerprint density at radius 3 is 2.84 bits per heavy atom. The summed E-state index contributed by atoms with van der Waals surface area (Å²) < 4.78 is 0. The molecule has 3 N–H and O–H groups in total. The van der Waals surface area contributed by atoms with Gasteiger partial charge in [0.2, 0.25) is 0 Å². The van der Waals surface area contributed by atoms with Crippen LogP contribution < -0.4 is 11.1 Å². The van der Waals surface area contributed by atoms with Gasteiger partial charge in [-0.15, -0.1) is 6.42 Å². The number of carbonyl (C=O) groups is 1. The molecule has 0 saturated heterocycles. The van der Waals surface area contributed by atoms with Crippen LogP contribution in [-0.4, -0.2) is 34.9 Å². The van der Waals surface area contributed by atoms with Crippen LogP contribution in [0.1, 0.15) is 36.9 Å². The highest BCUT2D eigenvalue weighted by Crippen LogP contribution is 2.26. The van der Waals surface area contributed by atoms with E-state index in [4.69, 9.17) is 12.2 Å². The number of thiazole rings is 1. The van der Waals surface area contributed by atoms with E-state index in [1.54, 1.807) is 4.90 Å². The standard InChI is InChI=1S/C13H20N4OS/c1-5-7-17(8-6-2)12(18)10-11(14)16-13(19-10)15-9(3)4/h1,9H,6-8,14H2,2-4H3,(H,15,16). The Morgan fingerprint density at radius 2 is 2.32 bits per heavy atom. The number of carbonyl (C=O) groups excluding carboxylic acids is 1. The summed E-state index contributed by atoms with van der Waals surface area (Å²) >= 11 is 1.27. The SMILES string of the molecule is C#CCN(CCC)C(=O)c1sc(NC(C)C)nc1N. The third-order valence-electron chi connectivity index (χ3n) is 2.32. The molecule has 6 heteroatoms. The summed E-state index contributed by atoms with van der Waals surface area (Å²) in [4.78, 5) is 18.6. The minimum atomic E-state index is -0.147. The zero-order valence-electron chi connectivity index (χ0n) is 11.6. The van der Waals surface area contributed by atoms with Crippen molar-refractivity contribution < 1.29 is 4.79 Å². The number of terminal acetylenes is 1. The predicted octanol–water partition coefficient (Wildman–Crippen LogP) is 2.03. The van der Waals surface area contributed by atoms with Crippen molar-refractivity contribution in [2.75, 3.05) is 24.1 Å². The topological polar surface area (TPSA) is 71.2 Å². The second-order valence-electron chi connectivity index (χ2n) is 4.46. The molecule has 0 aromatic carbocycles. The number of nitrogens with two attached hydrogens (primary N) is 1. The zero-order chi connectivity index (χ0) is 14.4. The van der Waals surface area contributed by atoms with Gasteiger partial charge in [0, 0.05) is 12.6 Å². The summed E-state index contributed by atoms with van der Waals surface area (Å²) in [5, 5.41) is 3.80. The highest BCUT2D eigenvalue weighted by molar-refractivity contribution is 7.18. The largest absolute Gasteiger partial charge is 0.382 e. The van der Waals surface area contributed by atoms with E-state index < -0.39 is 0 Å². The smallest absolute Gasteiger partial charge is 0.268 e. The second-order valence-corrected chi connectivity index (χ2v) is 5.46. The maximum atomic E-state index is 12.3. The van der Waals surface area contributed by atoms with E-state index in [-0.39, 0.29) is 24.3 Å². The Labute approximate surface area is 118 Å². The quantitative estimate of drug-likeness (QED) is 0.782. The summed E-state index contributed by atoms with van der Waals surface area (Å²) in [7, 11) is 0. The normalized spacial score (nSPS) is 10.3. The van der Waals surface area contributed by atoms with E-state index in [1.165, 1.54) is 11.3 Å². The van der Waals surface area contributed by atoms with Crippen LogP contribution in [0.2, 0.25) is 0 Å². The highest BCUT2D eigenvalue weighted by atomic mass is 32.1. The lowest BCUT2D eigenvalue weighted by Crippen LogP contribution is -2.32. The predicted molar refractivity (Wildman–Crippen MR) is 80.3 cm³/mol. The minimum Gasteiger partial charge on any atom is -0.382 e. The summed E-state index contributed by atoms with van der Waals surface area (Å²) in [5.41, 5.74) is 5.81. The molecule has 0 aliphatic carbocycles. The number of anilines is 2. The molecule has 1 heterocycles. The fourth-order valence-electron chi connectivity index (χ4n) is 1.57. The molecular formula is C13H20N4OS. The Morgan fingerprint density at radius 1 is 1.63 bits per heavy atom. The Kier molecular flexibility index (Phi) is 5.64. The van der Waals surface area contributed by atoms with Crippen LogP contribution in [0.5, 0.6) is 0 Å². The molecule has 0 bridgehead atoms. The molecule has 0 radical (unpaired) electrons. The minimum absolute atomic E-state index is 0.147. The van der Waals surface area contributed by atoms with Crippen LogP contribution in [0.15, 0.2) is 0 Å². The van der Waals surface area contributed by atoms with Crippen LogP contribution in [0.3, 0.4) is 0 Å². The monoisotopic (exact) mass is 280 g/mol. The van der Waals surface area contributed by atoms with Crippen molar-refractivity contribution in [3.05, 3.63) is 4.88 Å². The van der Waals surface area contributed by atoms with Crippen LogP contribution >= 0.6 is 11.3 Å². The van der Waals surface area contributed by atoms with Gasteiger partial charge in [0.1, 0.15) is 10.7 Å². The van der Waals surface area contributed by atoms with Gasteiger partial charge in [-0.3, -0.25) is 4.79 Å². The first-order valence-corrected chi connectivity index (χ1v) is 7.06. The molecule has 1 amide bonds. The molecule has 0 aliphatic heterocycles. The lowest BCUT2D eigenvalue weighted by molar-refractivity contribution is 0.0782. The maximum absolute atomic E-state index is 12.3. The number of amides is 1. The number of aromatic nitrogens is 1. The summed E-state index contributed by atoms with van der Waals surface area (Å²) in [6, 6.07) is 0.242. The van der Waals surface area contributed by atoms with Crippen molar-refractivity contribution in [3.8, 4) is 12.3 Å².